The number of ether oxygens (including phenoxy) is 1. The predicted octanol–water partition coefficient (Wildman–Crippen LogP) is 1.51. The van der Waals surface area contributed by atoms with E-state index >= 15 is 0 Å². The van der Waals surface area contributed by atoms with E-state index in [2.05, 4.69) is 36.0 Å². The fourth-order valence-corrected chi connectivity index (χ4v) is 2.22. The normalized spacial score (nSPS) is 21.2. The van der Waals surface area contributed by atoms with Gasteiger partial charge in [-0.3, -0.25) is 9.89 Å². The summed E-state index contributed by atoms with van der Waals surface area (Å²) in [5.74, 6) is 0.675. The summed E-state index contributed by atoms with van der Waals surface area (Å²) in [5.41, 5.74) is -0.0536. The van der Waals surface area contributed by atoms with Gasteiger partial charge in [-0.1, -0.05) is 32.5 Å². The zero-order valence-corrected chi connectivity index (χ0v) is 10.4. The zero-order chi connectivity index (χ0) is 11.8. The molecule has 1 aliphatic heterocycles. The van der Waals surface area contributed by atoms with E-state index in [1.54, 1.807) is 0 Å². The van der Waals surface area contributed by atoms with Crippen molar-refractivity contribution >= 4 is 17.7 Å². The number of carbonyl (C=O) groups excluding carboxylic acids is 1. The highest BCUT2D eigenvalue weighted by Gasteiger charge is 2.29. The molecule has 1 N–H and O–H groups in total. The summed E-state index contributed by atoms with van der Waals surface area (Å²) >= 11 is 1.37. The van der Waals surface area contributed by atoms with E-state index in [4.69, 9.17) is 4.74 Å². The van der Waals surface area contributed by atoms with Crippen molar-refractivity contribution in [3.8, 4) is 0 Å². The molecular formula is C10H15N3O2S. The average Bonchev–Trinajstić information content (AvgIpc) is 2.76. The van der Waals surface area contributed by atoms with Crippen molar-refractivity contribution in [1.29, 1.82) is 0 Å². The smallest absolute Gasteiger partial charge is 0.319 e. The van der Waals surface area contributed by atoms with Crippen molar-refractivity contribution in [2.45, 2.75) is 43.0 Å². The largest absolute Gasteiger partial charge is 0.465 e. The third-order valence-corrected chi connectivity index (χ3v) is 3.42. The average molecular weight is 241 g/mol. The van der Waals surface area contributed by atoms with Crippen LogP contribution in [-0.2, 0) is 14.9 Å². The summed E-state index contributed by atoms with van der Waals surface area (Å²) in [6.45, 7) is 6.69. The van der Waals surface area contributed by atoms with Crippen molar-refractivity contribution in [3.63, 3.8) is 0 Å². The van der Waals surface area contributed by atoms with Crippen LogP contribution >= 0.6 is 11.8 Å². The second kappa shape index (κ2) is 4.08. The first-order valence-electron chi connectivity index (χ1n) is 5.23. The summed E-state index contributed by atoms with van der Waals surface area (Å²) < 4.78 is 4.89. The molecule has 6 heteroatoms. The Balaban J connectivity index is 2.05. The van der Waals surface area contributed by atoms with Crippen LogP contribution in [0, 0.1) is 0 Å². The minimum absolute atomic E-state index is 0.0536. The number of cyclic esters (lactones) is 1. The molecule has 1 fully saturated rings. The van der Waals surface area contributed by atoms with Crippen LogP contribution < -0.4 is 0 Å². The van der Waals surface area contributed by atoms with Crippen molar-refractivity contribution in [3.05, 3.63) is 5.82 Å². The molecule has 0 amide bonds. The zero-order valence-electron chi connectivity index (χ0n) is 9.61. The van der Waals surface area contributed by atoms with Crippen molar-refractivity contribution < 1.29 is 9.53 Å². The maximum atomic E-state index is 11.3. The highest BCUT2D eigenvalue weighted by atomic mass is 32.2. The Morgan fingerprint density at radius 1 is 1.50 bits per heavy atom. The van der Waals surface area contributed by atoms with Crippen LogP contribution in [0.3, 0.4) is 0 Å². The number of esters is 1. The predicted molar refractivity (Wildman–Crippen MR) is 60.3 cm³/mol. The molecule has 0 radical (unpaired) electrons. The van der Waals surface area contributed by atoms with E-state index < -0.39 is 0 Å². The number of carbonyl (C=O) groups is 1. The van der Waals surface area contributed by atoms with Gasteiger partial charge in [0.15, 0.2) is 0 Å². The Labute approximate surface area is 98.4 Å². The minimum atomic E-state index is -0.160. The van der Waals surface area contributed by atoms with Gasteiger partial charge in [-0.25, -0.2) is 4.98 Å². The van der Waals surface area contributed by atoms with Crippen LogP contribution in [0.25, 0.3) is 0 Å². The molecule has 0 bridgehead atoms. The van der Waals surface area contributed by atoms with Crippen molar-refractivity contribution in [2.75, 3.05) is 6.61 Å². The number of hydrogen-bond acceptors (Lipinski definition) is 5. The molecule has 88 valence electrons. The number of hydrogen-bond donors (Lipinski definition) is 1. The molecule has 1 aromatic rings. The van der Waals surface area contributed by atoms with E-state index in [9.17, 15) is 4.79 Å². The topological polar surface area (TPSA) is 67.9 Å². The molecule has 1 atom stereocenters. The number of nitrogens with one attached hydrogen (secondary N) is 1. The Morgan fingerprint density at radius 3 is 2.75 bits per heavy atom. The van der Waals surface area contributed by atoms with Gasteiger partial charge in [0.25, 0.3) is 0 Å². The van der Waals surface area contributed by atoms with Gasteiger partial charge in [-0.05, 0) is 0 Å². The summed E-state index contributed by atoms with van der Waals surface area (Å²) in [6, 6.07) is 0. The molecule has 0 aliphatic carbocycles. The summed E-state index contributed by atoms with van der Waals surface area (Å²) in [6.07, 6.45) is 0.739. The summed E-state index contributed by atoms with van der Waals surface area (Å²) in [7, 11) is 0. The second-order valence-electron chi connectivity index (χ2n) is 4.78. The molecule has 1 unspecified atom stereocenters. The lowest BCUT2D eigenvalue weighted by Crippen LogP contribution is -2.13. The van der Waals surface area contributed by atoms with E-state index in [-0.39, 0.29) is 16.6 Å². The third kappa shape index (κ3) is 2.37. The monoisotopic (exact) mass is 241 g/mol. The number of aromatic amines is 1. The number of aromatic nitrogens is 3. The van der Waals surface area contributed by atoms with E-state index in [0.29, 0.717) is 11.8 Å². The first-order valence-corrected chi connectivity index (χ1v) is 6.11. The summed E-state index contributed by atoms with van der Waals surface area (Å²) in [4.78, 5) is 15.6. The van der Waals surface area contributed by atoms with Gasteiger partial charge in [-0.2, -0.15) is 0 Å². The molecule has 5 nitrogen and oxygen atoms in total. The lowest BCUT2D eigenvalue weighted by atomic mass is 9.96. The standard InChI is InChI=1S/C10H15N3O2S/c1-10(2,3)8-11-9(13-12-8)16-6-4-5-15-7(6)14/h6H,4-5H2,1-3H3,(H,11,12,13). The SMILES string of the molecule is CC(C)(C)c1nc(SC2CCOC2=O)n[nH]1. The first kappa shape index (κ1) is 11.4. The van der Waals surface area contributed by atoms with Gasteiger partial charge in [0.1, 0.15) is 11.1 Å². The molecule has 0 aromatic carbocycles. The number of thioether (sulfide) groups is 1. The van der Waals surface area contributed by atoms with E-state index in [0.717, 1.165) is 12.2 Å². The maximum Gasteiger partial charge on any atom is 0.319 e. The van der Waals surface area contributed by atoms with Gasteiger partial charge >= 0.3 is 5.97 Å². The summed E-state index contributed by atoms with van der Waals surface area (Å²) in [5, 5.41) is 7.47. The van der Waals surface area contributed by atoms with Crippen LogP contribution in [0.4, 0.5) is 0 Å². The van der Waals surface area contributed by atoms with Gasteiger partial charge in [0.05, 0.1) is 6.61 Å². The molecule has 0 saturated carbocycles. The Kier molecular flexibility index (Phi) is 2.92. The molecule has 2 heterocycles. The number of nitrogens with zero attached hydrogens (tertiary/aromatic N) is 2. The Hall–Kier alpha value is -1.04. The Bertz CT molecular complexity index is 397. The highest BCUT2D eigenvalue weighted by Crippen LogP contribution is 2.28. The molecule has 1 saturated heterocycles. The lowest BCUT2D eigenvalue weighted by molar-refractivity contribution is -0.137. The molecular weight excluding hydrogens is 226 g/mol. The van der Waals surface area contributed by atoms with Gasteiger partial charge in [0, 0.05) is 11.8 Å². The van der Waals surface area contributed by atoms with Crippen LogP contribution in [-0.4, -0.2) is 33.0 Å². The van der Waals surface area contributed by atoms with E-state index in [1.807, 2.05) is 0 Å². The fourth-order valence-electron chi connectivity index (χ4n) is 1.35. The van der Waals surface area contributed by atoms with Crippen LogP contribution in [0.5, 0.6) is 0 Å². The highest BCUT2D eigenvalue weighted by molar-refractivity contribution is 8.00. The molecule has 1 aromatic heterocycles. The van der Waals surface area contributed by atoms with Gasteiger partial charge < -0.3 is 4.74 Å². The maximum absolute atomic E-state index is 11.3. The third-order valence-electron chi connectivity index (χ3n) is 2.31. The second-order valence-corrected chi connectivity index (χ2v) is 5.95. The molecule has 0 spiro atoms. The molecule has 16 heavy (non-hydrogen) atoms. The van der Waals surface area contributed by atoms with Crippen molar-refractivity contribution in [2.24, 2.45) is 0 Å². The molecule has 2 rings (SSSR count). The number of rotatable bonds is 2. The van der Waals surface area contributed by atoms with Gasteiger partial charge in [-0.15, -0.1) is 5.10 Å². The molecule has 1 aliphatic rings. The number of H-pyrrole nitrogens is 1. The van der Waals surface area contributed by atoms with E-state index in [1.165, 1.54) is 11.8 Å². The van der Waals surface area contributed by atoms with Crippen LogP contribution in [0.1, 0.15) is 33.0 Å². The Morgan fingerprint density at radius 2 is 2.25 bits per heavy atom. The first-order chi connectivity index (χ1) is 7.47. The van der Waals surface area contributed by atoms with Crippen LogP contribution in [0.15, 0.2) is 5.16 Å². The van der Waals surface area contributed by atoms with Gasteiger partial charge in [0.2, 0.25) is 5.16 Å². The lowest BCUT2D eigenvalue weighted by Gasteiger charge is -2.12. The van der Waals surface area contributed by atoms with Crippen molar-refractivity contribution in [1.82, 2.24) is 15.2 Å². The minimum Gasteiger partial charge on any atom is -0.465 e. The van der Waals surface area contributed by atoms with Crippen LogP contribution in [0.2, 0.25) is 0 Å². The quantitative estimate of drug-likeness (QED) is 0.795. The fraction of sp³-hybridized carbons (Fsp3) is 0.700.